The third kappa shape index (κ3) is 3.99. The molecule has 4 nitrogen and oxygen atoms in total. The summed E-state index contributed by atoms with van der Waals surface area (Å²) in [5, 5.41) is 4.73. The average Bonchev–Trinajstić information content (AvgIpc) is 2.96. The molecule has 0 saturated heterocycles. The molecule has 27 heavy (non-hydrogen) atoms. The number of aryl methyl sites for hydroxylation is 2. The molecule has 0 bridgehead atoms. The SMILES string of the molecule is Cc1nc(SCC(=O)Nc2cccc(F)c2)c2c3c(sc2n1)C[C@@H](C)CC3. The van der Waals surface area contributed by atoms with E-state index in [4.69, 9.17) is 0 Å². The summed E-state index contributed by atoms with van der Waals surface area (Å²) in [4.78, 5) is 24.0. The van der Waals surface area contributed by atoms with E-state index in [-0.39, 0.29) is 17.5 Å². The zero-order valence-corrected chi connectivity index (χ0v) is 16.8. The van der Waals surface area contributed by atoms with Gasteiger partial charge in [0.05, 0.1) is 5.75 Å². The van der Waals surface area contributed by atoms with E-state index < -0.39 is 0 Å². The van der Waals surface area contributed by atoms with Crippen molar-refractivity contribution in [1.29, 1.82) is 0 Å². The van der Waals surface area contributed by atoms with Gasteiger partial charge in [0.25, 0.3) is 0 Å². The first-order valence-electron chi connectivity index (χ1n) is 8.96. The zero-order valence-electron chi connectivity index (χ0n) is 15.2. The number of carbonyl (C=O) groups is 1. The molecule has 0 fully saturated rings. The third-order valence-electron chi connectivity index (χ3n) is 4.68. The quantitative estimate of drug-likeness (QED) is 0.494. The molecule has 0 spiro atoms. The van der Waals surface area contributed by atoms with Gasteiger partial charge in [-0.15, -0.1) is 11.3 Å². The molecule has 2 aromatic heterocycles. The van der Waals surface area contributed by atoms with Crippen LogP contribution in [0.3, 0.4) is 0 Å². The van der Waals surface area contributed by atoms with Crippen molar-refractivity contribution in [3.63, 3.8) is 0 Å². The summed E-state index contributed by atoms with van der Waals surface area (Å²) in [6, 6.07) is 5.92. The van der Waals surface area contributed by atoms with Crippen LogP contribution < -0.4 is 5.32 Å². The summed E-state index contributed by atoms with van der Waals surface area (Å²) in [5.41, 5.74) is 1.83. The molecule has 0 unspecified atom stereocenters. The van der Waals surface area contributed by atoms with E-state index in [0.717, 1.165) is 33.9 Å². The number of benzene rings is 1. The largest absolute Gasteiger partial charge is 0.325 e. The second-order valence-corrected chi connectivity index (χ2v) is 9.00. The maximum Gasteiger partial charge on any atom is 0.234 e. The average molecular weight is 402 g/mol. The van der Waals surface area contributed by atoms with Gasteiger partial charge in [-0.25, -0.2) is 14.4 Å². The number of hydrogen-bond donors (Lipinski definition) is 1. The number of nitrogens with one attached hydrogen (secondary N) is 1. The number of carbonyl (C=O) groups excluding carboxylic acids is 1. The van der Waals surface area contributed by atoms with Crippen LogP contribution >= 0.6 is 23.1 Å². The van der Waals surface area contributed by atoms with Gasteiger partial charge in [-0.2, -0.15) is 0 Å². The molecule has 7 heteroatoms. The highest BCUT2D eigenvalue weighted by Gasteiger charge is 2.24. The number of fused-ring (bicyclic) bond motifs is 3. The molecule has 1 aromatic carbocycles. The Morgan fingerprint density at radius 2 is 2.26 bits per heavy atom. The van der Waals surface area contributed by atoms with Crippen LogP contribution in [-0.4, -0.2) is 21.6 Å². The molecule has 4 rings (SSSR count). The first kappa shape index (κ1) is 18.4. The van der Waals surface area contributed by atoms with Gasteiger partial charge in [0.1, 0.15) is 21.5 Å². The summed E-state index contributed by atoms with van der Waals surface area (Å²) in [7, 11) is 0. The Labute approximate surface area is 165 Å². The molecule has 1 amide bonds. The Kier molecular flexibility index (Phi) is 5.14. The van der Waals surface area contributed by atoms with Crippen LogP contribution in [-0.2, 0) is 17.6 Å². The van der Waals surface area contributed by atoms with Crippen molar-refractivity contribution in [2.75, 3.05) is 11.1 Å². The molecule has 1 atom stereocenters. The molecule has 1 aliphatic rings. The summed E-state index contributed by atoms with van der Waals surface area (Å²) in [5.74, 6) is 1.11. The molecular formula is C20H20FN3OS2. The lowest BCUT2D eigenvalue weighted by molar-refractivity contribution is -0.113. The van der Waals surface area contributed by atoms with E-state index >= 15 is 0 Å². The van der Waals surface area contributed by atoms with Crippen molar-refractivity contribution in [2.45, 2.75) is 38.1 Å². The Balaban J connectivity index is 1.55. The fraction of sp³-hybridized carbons (Fsp3) is 0.350. The van der Waals surface area contributed by atoms with Crippen LogP contribution in [0, 0.1) is 18.7 Å². The van der Waals surface area contributed by atoms with Gasteiger partial charge in [0.2, 0.25) is 5.91 Å². The van der Waals surface area contributed by atoms with Gasteiger partial charge in [-0.05, 0) is 55.9 Å². The van der Waals surface area contributed by atoms with Crippen molar-refractivity contribution in [3.8, 4) is 0 Å². The van der Waals surface area contributed by atoms with Gasteiger partial charge in [0.15, 0.2) is 0 Å². The lowest BCUT2D eigenvalue weighted by atomic mass is 9.89. The second-order valence-electron chi connectivity index (χ2n) is 6.96. The molecule has 1 aliphatic carbocycles. The zero-order chi connectivity index (χ0) is 19.0. The van der Waals surface area contributed by atoms with Crippen LogP contribution in [0.5, 0.6) is 0 Å². The predicted molar refractivity (Wildman–Crippen MR) is 109 cm³/mol. The molecule has 2 heterocycles. The summed E-state index contributed by atoms with van der Waals surface area (Å²) < 4.78 is 13.3. The Morgan fingerprint density at radius 1 is 1.41 bits per heavy atom. The maximum absolute atomic E-state index is 13.3. The van der Waals surface area contributed by atoms with Crippen molar-refractivity contribution in [1.82, 2.24) is 9.97 Å². The molecular weight excluding hydrogens is 381 g/mol. The van der Waals surface area contributed by atoms with Crippen molar-refractivity contribution in [2.24, 2.45) is 5.92 Å². The van der Waals surface area contributed by atoms with Crippen LogP contribution in [0.1, 0.15) is 29.6 Å². The highest BCUT2D eigenvalue weighted by atomic mass is 32.2. The topological polar surface area (TPSA) is 54.9 Å². The van der Waals surface area contributed by atoms with Gasteiger partial charge < -0.3 is 5.32 Å². The Bertz CT molecular complexity index is 1020. The monoisotopic (exact) mass is 401 g/mol. The third-order valence-corrected chi connectivity index (χ3v) is 6.81. The van der Waals surface area contributed by atoms with E-state index in [1.165, 1.54) is 40.8 Å². The number of halogens is 1. The van der Waals surface area contributed by atoms with Crippen LogP contribution in [0.2, 0.25) is 0 Å². The van der Waals surface area contributed by atoms with Crippen molar-refractivity contribution < 1.29 is 9.18 Å². The van der Waals surface area contributed by atoms with E-state index in [1.807, 2.05) is 6.92 Å². The smallest absolute Gasteiger partial charge is 0.234 e. The molecule has 0 radical (unpaired) electrons. The fourth-order valence-electron chi connectivity index (χ4n) is 3.41. The Morgan fingerprint density at radius 3 is 3.07 bits per heavy atom. The summed E-state index contributed by atoms with van der Waals surface area (Å²) in [6.07, 6.45) is 3.32. The summed E-state index contributed by atoms with van der Waals surface area (Å²) >= 11 is 3.19. The predicted octanol–water partition coefficient (Wildman–Crippen LogP) is 4.99. The number of hydrogen-bond acceptors (Lipinski definition) is 5. The highest BCUT2D eigenvalue weighted by molar-refractivity contribution is 8.00. The minimum Gasteiger partial charge on any atom is -0.325 e. The van der Waals surface area contributed by atoms with E-state index in [9.17, 15) is 9.18 Å². The normalized spacial score (nSPS) is 16.3. The highest BCUT2D eigenvalue weighted by Crippen LogP contribution is 2.40. The number of thioether (sulfide) groups is 1. The maximum atomic E-state index is 13.3. The molecule has 1 N–H and O–H groups in total. The van der Waals surface area contributed by atoms with E-state index in [0.29, 0.717) is 11.6 Å². The van der Waals surface area contributed by atoms with E-state index in [2.05, 4.69) is 22.2 Å². The molecule has 3 aromatic rings. The Hall–Kier alpha value is -1.99. The summed E-state index contributed by atoms with van der Waals surface area (Å²) in [6.45, 7) is 4.17. The number of thiophene rings is 1. The van der Waals surface area contributed by atoms with Crippen molar-refractivity contribution >= 4 is 44.9 Å². The number of nitrogens with zero attached hydrogens (tertiary/aromatic N) is 2. The fourth-order valence-corrected chi connectivity index (χ4v) is 5.81. The van der Waals surface area contributed by atoms with Gasteiger partial charge in [0, 0.05) is 16.0 Å². The molecule has 0 saturated carbocycles. The molecule has 0 aliphatic heterocycles. The van der Waals surface area contributed by atoms with Gasteiger partial charge >= 0.3 is 0 Å². The van der Waals surface area contributed by atoms with Crippen LogP contribution in [0.4, 0.5) is 10.1 Å². The van der Waals surface area contributed by atoms with Gasteiger partial charge in [-0.1, -0.05) is 24.8 Å². The van der Waals surface area contributed by atoms with Crippen LogP contribution in [0.25, 0.3) is 10.2 Å². The minimum atomic E-state index is -0.368. The van der Waals surface area contributed by atoms with E-state index in [1.54, 1.807) is 23.5 Å². The van der Waals surface area contributed by atoms with Crippen LogP contribution in [0.15, 0.2) is 29.3 Å². The standard InChI is InChI=1S/C20H20FN3OS2/c1-11-6-7-15-16(8-11)27-20-18(15)19(22-12(2)23-20)26-10-17(25)24-14-5-3-4-13(21)9-14/h3-5,9,11H,6-8,10H2,1-2H3,(H,24,25)/t11-/m0/s1. The lowest BCUT2D eigenvalue weighted by Crippen LogP contribution is -2.14. The first-order chi connectivity index (χ1) is 13.0. The van der Waals surface area contributed by atoms with Gasteiger partial charge in [-0.3, -0.25) is 4.79 Å². The number of anilines is 1. The minimum absolute atomic E-state index is 0.173. The number of aromatic nitrogens is 2. The molecule has 140 valence electrons. The second kappa shape index (κ2) is 7.56. The van der Waals surface area contributed by atoms with Crippen molar-refractivity contribution in [3.05, 3.63) is 46.3 Å². The lowest BCUT2D eigenvalue weighted by Gasteiger charge is -2.18. The first-order valence-corrected chi connectivity index (χ1v) is 10.8. The number of rotatable bonds is 4. The number of amides is 1.